The first-order chi connectivity index (χ1) is 4.70. The molecule has 54 valence electrons. The molecule has 0 unspecified atom stereocenters. The molecular weight excluding hydrogens is 126 g/mol. The van der Waals surface area contributed by atoms with E-state index in [2.05, 4.69) is 6.58 Å². The van der Waals surface area contributed by atoms with Gasteiger partial charge in [0.25, 0.3) is 0 Å². The molecule has 2 nitrogen and oxygen atoms in total. The molecule has 0 aromatic carbocycles. The highest BCUT2D eigenvalue weighted by Gasteiger charge is 1.79. The Morgan fingerprint density at radius 3 is 2.50 bits per heavy atom. The maximum Gasteiger partial charge on any atom is 0.114 e. The number of allylic oxidation sites excluding steroid dienone is 4. The summed E-state index contributed by atoms with van der Waals surface area (Å²) in [6.45, 7) is 5.14. The van der Waals surface area contributed by atoms with Crippen LogP contribution in [-0.4, -0.2) is 11.3 Å². The SMILES string of the molecule is C=C/C(O)=C\C=C(\C)C=N. The molecule has 10 heavy (non-hydrogen) atoms. The van der Waals surface area contributed by atoms with Crippen LogP contribution in [0.3, 0.4) is 0 Å². The molecule has 0 heterocycles. The number of nitrogens with one attached hydrogen (secondary N) is 1. The Morgan fingerprint density at radius 1 is 1.50 bits per heavy atom. The van der Waals surface area contributed by atoms with Crippen molar-refractivity contribution in [2.45, 2.75) is 6.92 Å². The summed E-state index contributed by atoms with van der Waals surface area (Å²) < 4.78 is 0. The lowest BCUT2D eigenvalue weighted by atomic mass is 10.3. The summed E-state index contributed by atoms with van der Waals surface area (Å²) in [4.78, 5) is 0. The Labute approximate surface area is 60.7 Å². The van der Waals surface area contributed by atoms with Gasteiger partial charge in [-0.1, -0.05) is 12.7 Å². The summed E-state index contributed by atoms with van der Waals surface area (Å²) in [7, 11) is 0. The van der Waals surface area contributed by atoms with Gasteiger partial charge in [0.2, 0.25) is 0 Å². The second-order valence-corrected chi connectivity index (χ2v) is 1.85. The fourth-order valence-electron chi connectivity index (χ4n) is 0.333. The smallest absolute Gasteiger partial charge is 0.114 e. The van der Waals surface area contributed by atoms with Crippen molar-refractivity contribution in [1.82, 2.24) is 0 Å². The quantitative estimate of drug-likeness (QED) is 0.349. The molecule has 0 fully saturated rings. The number of rotatable bonds is 3. The topological polar surface area (TPSA) is 44.1 Å². The highest BCUT2D eigenvalue weighted by Crippen LogP contribution is 1.92. The summed E-state index contributed by atoms with van der Waals surface area (Å²) in [6.07, 6.45) is 5.69. The molecule has 0 atom stereocenters. The van der Waals surface area contributed by atoms with Crippen LogP contribution < -0.4 is 0 Å². The minimum Gasteiger partial charge on any atom is -0.508 e. The third-order valence-corrected chi connectivity index (χ3v) is 0.954. The van der Waals surface area contributed by atoms with Crippen molar-refractivity contribution in [3.63, 3.8) is 0 Å². The van der Waals surface area contributed by atoms with Crippen LogP contribution in [0.1, 0.15) is 6.92 Å². The van der Waals surface area contributed by atoms with Crippen LogP contribution in [-0.2, 0) is 0 Å². The van der Waals surface area contributed by atoms with Crippen LogP contribution in [0.2, 0.25) is 0 Å². The van der Waals surface area contributed by atoms with Crippen molar-refractivity contribution >= 4 is 6.21 Å². The molecule has 0 saturated heterocycles. The van der Waals surface area contributed by atoms with Gasteiger partial charge in [0.1, 0.15) is 5.76 Å². The Morgan fingerprint density at radius 2 is 2.10 bits per heavy atom. The van der Waals surface area contributed by atoms with Crippen LogP contribution in [0.15, 0.2) is 36.1 Å². The van der Waals surface area contributed by atoms with Gasteiger partial charge in [-0.25, -0.2) is 0 Å². The van der Waals surface area contributed by atoms with Gasteiger partial charge in [-0.15, -0.1) is 0 Å². The van der Waals surface area contributed by atoms with Crippen molar-refractivity contribution in [1.29, 1.82) is 5.41 Å². The summed E-state index contributed by atoms with van der Waals surface area (Å²) in [5.74, 6) is 0.112. The van der Waals surface area contributed by atoms with Gasteiger partial charge in [0.05, 0.1) is 0 Å². The van der Waals surface area contributed by atoms with Gasteiger partial charge >= 0.3 is 0 Å². The summed E-state index contributed by atoms with van der Waals surface area (Å²) in [5, 5.41) is 15.6. The maximum atomic E-state index is 8.83. The Kier molecular flexibility index (Phi) is 3.96. The summed E-state index contributed by atoms with van der Waals surface area (Å²) >= 11 is 0. The third-order valence-electron chi connectivity index (χ3n) is 0.954. The van der Waals surface area contributed by atoms with E-state index < -0.39 is 0 Å². The number of aliphatic hydroxyl groups excluding tert-OH is 1. The Bertz CT molecular complexity index is 167. The third kappa shape index (κ3) is 3.66. The average molecular weight is 137 g/mol. The minimum atomic E-state index is 0.112. The van der Waals surface area contributed by atoms with Crippen molar-refractivity contribution in [3.05, 3.63) is 36.1 Å². The molecule has 0 aliphatic carbocycles. The van der Waals surface area contributed by atoms with Crippen molar-refractivity contribution in [3.8, 4) is 0 Å². The molecule has 0 spiro atoms. The van der Waals surface area contributed by atoms with Gasteiger partial charge in [-0.2, -0.15) is 0 Å². The normalized spacial score (nSPS) is 12.9. The van der Waals surface area contributed by atoms with E-state index in [4.69, 9.17) is 10.5 Å². The van der Waals surface area contributed by atoms with Crippen LogP contribution in [0.5, 0.6) is 0 Å². The van der Waals surface area contributed by atoms with E-state index in [1.54, 1.807) is 13.0 Å². The predicted octanol–water partition coefficient (Wildman–Crippen LogP) is 2.21. The van der Waals surface area contributed by atoms with Crippen molar-refractivity contribution in [2.24, 2.45) is 0 Å². The predicted molar refractivity (Wildman–Crippen MR) is 43.4 cm³/mol. The van der Waals surface area contributed by atoms with E-state index in [1.807, 2.05) is 0 Å². The van der Waals surface area contributed by atoms with Crippen LogP contribution >= 0.6 is 0 Å². The average Bonchev–Trinajstić information content (AvgIpc) is 1.99. The second-order valence-electron chi connectivity index (χ2n) is 1.85. The summed E-state index contributed by atoms with van der Waals surface area (Å²) in [5.41, 5.74) is 0.786. The number of hydrogen-bond donors (Lipinski definition) is 2. The second kappa shape index (κ2) is 4.56. The standard InChI is InChI=1S/C8H11NO/c1-3-8(10)5-4-7(2)6-9/h3-6,9-10H,1H2,2H3/b7-4-,8-5+,9-6?. The van der Waals surface area contributed by atoms with Gasteiger partial charge in [0, 0.05) is 6.21 Å². The molecule has 0 amide bonds. The lowest BCUT2D eigenvalue weighted by Gasteiger charge is -1.86. The first-order valence-corrected chi connectivity index (χ1v) is 2.91. The molecule has 0 radical (unpaired) electrons. The lowest BCUT2D eigenvalue weighted by molar-refractivity contribution is 0.433. The monoisotopic (exact) mass is 137 g/mol. The van der Waals surface area contributed by atoms with E-state index in [0.717, 1.165) is 5.57 Å². The fraction of sp³-hybridized carbons (Fsp3) is 0.125. The zero-order valence-corrected chi connectivity index (χ0v) is 5.96. The zero-order valence-electron chi connectivity index (χ0n) is 5.96. The lowest BCUT2D eigenvalue weighted by Crippen LogP contribution is -1.74. The van der Waals surface area contributed by atoms with E-state index in [9.17, 15) is 0 Å². The molecule has 0 aliphatic heterocycles. The molecule has 0 aromatic rings. The maximum absolute atomic E-state index is 8.83. The van der Waals surface area contributed by atoms with Gasteiger partial charge in [-0.05, 0) is 24.6 Å². The molecule has 0 bridgehead atoms. The van der Waals surface area contributed by atoms with Crippen molar-refractivity contribution < 1.29 is 5.11 Å². The first-order valence-electron chi connectivity index (χ1n) is 2.91. The number of hydrogen-bond acceptors (Lipinski definition) is 2. The molecule has 0 rings (SSSR count). The van der Waals surface area contributed by atoms with Crippen LogP contribution in [0, 0.1) is 5.41 Å². The molecule has 0 saturated carbocycles. The minimum absolute atomic E-state index is 0.112. The highest BCUT2D eigenvalue weighted by atomic mass is 16.3. The van der Waals surface area contributed by atoms with Crippen molar-refractivity contribution in [2.75, 3.05) is 0 Å². The molecule has 0 aromatic heterocycles. The number of aliphatic hydroxyl groups is 1. The summed E-state index contributed by atoms with van der Waals surface area (Å²) in [6, 6.07) is 0. The Hall–Kier alpha value is -1.31. The van der Waals surface area contributed by atoms with E-state index in [-0.39, 0.29) is 5.76 Å². The van der Waals surface area contributed by atoms with E-state index in [0.29, 0.717) is 0 Å². The van der Waals surface area contributed by atoms with Crippen LogP contribution in [0.4, 0.5) is 0 Å². The van der Waals surface area contributed by atoms with E-state index in [1.165, 1.54) is 18.4 Å². The fourth-order valence-corrected chi connectivity index (χ4v) is 0.333. The largest absolute Gasteiger partial charge is 0.508 e. The molecular formula is C8H11NO. The zero-order chi connectivity index (χ0) is 7.98. The van der Waals surface area contributed by atoms with Gasteiger partial charge < -0.3 is 10.5 Å². The first kappa shape index (κ1) is 8.69. The highest BCUT2D eigenvalue weighted by molar-refractivity contribution is 5.75. The van der Waals surface area contributed by atoms with Gasteiger partial charge in [-0.3, -0.25) is 0 Å². The molecule has 0 aliphatic rings. The molecule has 2 N–H and O–H groups in total. The van der Waals surface area contributed by atoms with Crippen LogP contribution in [0.25, 0.3) is 0 Å². The Balaban J connectivity index is 4.16. The molecule has 2 heteroatoms. The van der Waals surface area contributed by atoms with Gasteiger partial charge in [0.15, 0.2) is 0 Å². The van der Waals surface area contributed by atoms with E-state index >= 15 is 0 Å².